The Morgan fingerprint density at radius 3 is 2.50 bits per heavy atom. The Bertz CT molecular complexity index is 485. The second kappa shape index (κ2) is 8.00. The van der Waals surface area contributed by atoms with Crippen molar-refractivity contribution in [3.05, 3.63) is 18.7 Å². The van der Waals surface area contributed by atoms with Gasteiger partial charge in [-0.1, -0.05) is 27.2 Å². The van der Waals surface area contributed by atoms with E-state index in [-0.39, 0.29) is 24.6 Å². The fraction of sp³-hybridized carbons (Fsp3) is 0.765. The van der Waals surface area contributed by atoms with Crippen LogP contribution in [-0.2, 0) is 4.74 Å². The predicted octanol–water partition coefficient (Wildman–Crippen LogP) is 0.806. The highest BCUT2D eigenvalue weighted by Gasteiger charge is 2.34. The quantitative estimate of drug-likeness (QED) is 0.770. The summed E-state index contributed by atoms with van der Waals surface area (Å²) in [5, 5.41) is 0. The average Bonchev–Trinajstić information content (AvgIpc) is 2.88. The van der Waals surface area contributed by atoms with Gasteiger partial charge in [-0.25, -0.2) is 4.57 Å². The van der Waals surface area contributed by atoms with Crippen LogP contribution in [0, 0.1) is 17.8 Å². The second-order valence-corrected chi connectivity index (χ2v) is 7.11. The molecule has 22 heavy (non-hydrogen) atoms. The number of ether oxygens (including phenoxy) is 1. The van der Waals surface area contributed by atoms with Gasteiger partial charge >= 0.3 is 6.09 Å². The lowest BCUT2D eigenvalue weighted by atomic mass is 9.75. The number of rotatable bonds is 3. The molecule has 0 aliphatic heterocycles. The summed E-state index contributed by atoms with van der Waals surface area (Å²) in [5.74, 6) is 1.68. The van der Waals surface area contributed by atoms with Crippen LogP contribution in [0.5, 0.6) is 0 Å². The van der Waals surface area contributed by atoms with Gasteiger partial charge in [-0.15, -0.1) is 4.57 Å². The molecule has 1 fully saturated rings. The lowest BCUT2D eigenvalue weighted by molar-refractivity contribution is -0.715. The van der Waals surface area contributed by atoms with Crippen molar-refractivity contribution in [3.63, 3.8) is 0 Å². The van der Waals surface area contributed by atoms with Gasteiger partial charge in [0.25, 0.3) is 6.33 Å². The zero-order chi connectivity index (χ0) is 15.6. The molecule has 1 aromatic rings. The van der Waals surface area contributed by atoms with E-state index >= 15 is 0 Å². The molecule has 1 aliphatic carbocycles. The van der Waals surface area contributed by atoms with Crippen LogP contribution in [0.25, 0.3) is 0 Å². The molecule has 3 atom stereocenters. The van der Waals surface area contributed by atoms with Crippen LogP contribution in [0.15, 0.2) is 18.7 Å². The Hall–Kier alpha value is -1.03. The van der Waals surface area contributed by atoms with Gasteiger partial charge in [0.1, 0.15) is 18.5 Å². The van der Waals surface area contributed by atoms with Crippen LogP contribution >= 0.6 is 0 Å². The summed E-state index contributed by atoms with van der Waals surface area (Å²) >= 11 is 0. The normalized spacial score (nSPS) is 25.1. The highest BCUT2D eigenvalue weighted by atomic mass is 35.5. The van der Waals surface area contributed by atoms with E-state index in [0.29, 0.717) is 23.8 Å². The first-order chi connectivity index (χ1) is 9.88. The molecular formula is C17H29ClN2O2. The Morgan fingerprint density at radius 1 is 1.27 bits per heavy atom. The molecule has 0 radical (unpaired) electrons. The smallest absolute Gasteiger partial charge is 0.511 e. The van der Waals surface area contributed by atoms with Crippen LogP contribution < -0.4 is 17.0 Å². The zero-order valence-electron chi connectivity index (χ0n) is 14.3. The lowest BCUT2D eigenvalue weighted by Gasteiger charge is -2.35. The molecule has 0 aromatic carbocycles. The molecule has 126 valence electrons. The Labute approximate surface area is 140 Å². The van der Waals surface area contributed by atoms with Crippen molar-refractivity contribution in [3.8, 4) is 0 Å². The van der Waals surface area contributed by atoms with E-state index in [1.54, 1.807) is 10.8 Å². The van der Waals surface area contributed by atoms with Crippen molar-refractivity contribution in [2.45, 2.75) is 66.0 Å². The van der Waals surface area contributed by atoms with Crippen LogP contribution in [0.4, 0.5) is 4.79 Å². The summed E-state index contributed by atoms with van der Waals surface area (Å²) < 4.78 is 9.38. The van der Waals surface area contributed by atoms with Crippen LogP contribution in [0.1, 0.15) is 59.9 Å². The number of hydrogen-bond donors (Lipinski definition) is 0. The maximum atomic E-state index is 12.4. The fourth-order valence-corrected chi connectivity index (χ4v) is 3.22. The van der Waals surface area contributed by atoms with Crippen molar-refractivity contribution in [2.75, 3.05) is 0 Å². The summed E-state index contributed by atoms with van der Waals surface area (Å²) in [4.78, 5) is 12.4. The third kappa shape index (κ3) is 4.48. The van der Waals surface area contributed by atoms with Gasteiger partial charge in [-0.05, 0) is 44.4 Å². The molecular weight excluding hydrogens is 300 g/mol. The monoisotopic (exact) mass is 328 g/mol. The van der Waals surface area contributed by atoms with E-state index in [2.05, 4.69) is 34.6 Å². The first kappa shape index (κ1) is 19.0. The number of nitrogens with zero attached hydrogens (tertiary/aromatic N) is 2. The van der Waals surface area contributed by atoms with Crippen molar-refractivity contribution in [2.24, 2.45) is 17.8 Å². The molecule has 1 saturated carbocycles. The Balaban J connectivity index is 0.00000242. The number of carbonyl (C=O) groups is 1. The molecule has 1 aliphatic rings. The highest BCUT2D eigenvalue weighted by molar-refractivity contribution is 5.70. The first-order valence-electron chi connectivity index (χ1n) is 8.18. The first-order valence-corrected chi connectivity index (χ1v) is 8.18. The van der Waals surface area contributed by atoms with Crippen LogP contribution in [0.2, 0.25) is 0 Å². The third-order valence-electron chi connectivity index (χ3n) is 4.68. The maximum absolute atomic E-state index is 12.4. The lowest BCUT2D eigenvalue weighted by Crippen LogP contribution is -3.00. The minimum atomic E-state index is -0.251. The number of imidazole rings is 1. The highest BCUT2D eigenvalue weighted by Crippen LogP contribution is 2.35. The van der Waals surface area contributed by atoms with Crippen LogP contribution in [-0.4, -0.2) is 16.8 Å². The number of carbonyl (C=O) groups excluding carboxylic acids is 1. The van der Waals surface area contributed by atoms with Gasteiger partial charge in [0, 0.05) is 0 Å². The summed E-state index contributed by atoms with van der Waals surface area (Å²) in [6.07, 6.45) is 8.69. The molecule has 2 rings (SSSR count). The standard InChI is InChI=1S/C17H29N2O2.ClH/c1-12(2)15-7-6-14(5)10-16(15)21-17(20)19-9-8-18(11-19)13(3)4;/h8-9,11-16H,6-7,10H2,1-5H3;1H/q+1;/p-1/t14-,15+,16-;/m1./s1. The van der Waals surface area contributed by atoms with Gasteiger partial charge in [-0.2, -0.15) is 4.79 Å². The second-order valence-electron chi connectivity index (χ2n) is 7.11. The molecule has 0 N–H and O–H groups in total. The topological polar surface area (TPSA) is 35.1 Å². The van der Waals surface area contributed by atoms with Gasteiger partial charge in [0.2, 0.25) is 0 Å². The minimum absolute atomic E-state index is 0. The number of halogens is 1. The SMILES string of the molecule is CC(C)[C@@H]1CC[C@@H](C)C[C@H]1OC(=O)n1cc[n+](C(C)C)c1.[Cl-]. The molecule has 0 bridgehead atoms. The summed E-state index contributed by atoms with van der Waals surface area (Å²) in [6.45, 7) is 10.9. The summed E-state index contributed by atoms with van der Waals surface area (Å²) in [5.41, 5.74) is 0. The number of hydrogen-bond acceptors (Lipinski definition) is 2. The molecule has 0 unspecified atom stereocenters. The van der Waals surface area contributed by atoms with Gasteiger partial charge in [-0.3, -0.25) is 0 Å². The molecule has 1 heterocycles. The molecule has 4 nitrogen and oxygen atoms in total. The van der Waals surface area contributed by atoms with E-state index in [1.807, 2.05) is 17.1 Å². The molecule has 0 saturated heterocycles. The summed E-state index contributed by atoms with van der Waals surface area (Å²) in [7, 11) is 0. The maximum Gasteiger partial charge on any atom is 0.511 e. The molecule has 0 spiro atoms. The van der Waals surface area contributed by atoms with E-state index in [4.69, 9.17) is 4.74 Å². The third-order valence-corrected chi connectivity index (χ3v) is 4.68. The van der Waals surface area contributed by atoms with Crippen molar-refractivity contribution in [1.29, 1.82) is 0 Å². The van der Waals surface area contributed by atoms with Crippen LogP contribution in [0.3, 0.4) is 0 Å². The Morgan fingerprint density at radius 2 is 1.95 bits per heavy atom. The average molecular weight is 329 g/mol. The van der Waals surface area contributed by atoms with E-state index in [9.17, 15) is 4.79 Å². The predicted molar refractivity (Wildman–Crippen MR) is 82.0 cm³/mol. The van der Waals surface area contributed by atoms with Crippen molar-refractivity contribution < 1.29 is 26.5 Å². The van der Waals surface area contributed by atoms with E-state index < -0.39 is 0 Å². The largest absolute Gasteiger partial charge is 1.00 e. The number of aromatic nitrogens is 2. The van der Waals surface area contributed by atoms with E-state index in [1.165, 1.54) is 6.42 Å². The minimum Gasteiger partial charge on any atom is -1.00 e. The van der Waals surface area contributed by atoms with Crippen molar-refractivity contribution >= 4 is 6.09 Å². The van der Waals surface area contributed by atoms with E-state index in [0.717, 1.165) is 12.8 Å². The van der Waals surface area contributed by atoms with Gasteiger partial charge < -0.3 is 17.1 Å². The van der Waals surface area contributed by atoms with Gasteiger partial charge in [0.05, 0.1) is 6.04 Å². The molecule has 5 heteroatoms. The van der Waals surface area contributed by atoms with Gasteiger partial charge in [0.15, 0.2) is 0 Å². The molecule has 1 aromatic heterocycles. The zero-order valence-corrected chi connectivity index (χ0v) is 15.1. The summed E-state index contributed by atoms with van der Waals surface area (Å²) in [6, 6.07) is 0.345. The van der Waals surface area contributed by atoms with Crippen molar-refractivity contribution in [1.82, 2.24) is 4.57 Å². The fourth-order valence-electron chi connectivity index (χ4n) is 3.22. The molecule has 0 amide bonds. The Kier molecular flexibility index (Phi) is 6.92.